The van der Waals surface area contributed by atoms with Crippen molar-refractivity contribution in [2.75, 3.05) is 11.9 Å². The second-order valence-corrected chi connectivity index (χ2v) is 5.31. The van der Waals surface area contributed by atoms with Crippen molar-refractivity contribution in [1.29, 1.82) is 0 Å². The number of hydrogen-bond donors (Lipinski definition) is 1. The van der Waals surface area contributed by atoms with E-state index < -0.39 is 0 Å². The molecule has 2 unspecified atom stereocenters. The highest BCUT2D eigenvalue weighted by Crippen LogP contribution is 2.29. The summed E-state index contributed by atoms with van der Waals surface area (Å²) in [6, 6.07) is 0. The summed E-state index contributed by atoms with van der Waals surface area (Å²) in [6.45, 7) is 3.32. The first kappa shape index (κ1) is 11.1. The number of aromatic nitrogens is 2. The Labute approximate surface area is 99.6 Å². The van der Waals surface area contributed by atoms with E-state index in [2.05, 4.69) is 21.0 Å². The van der Waals surface area contributed by atoms with Crippen molar-refractivity contribution >= 4 is 29.1 Å². The standard InChI is InChI=1S/C10H16ClN3S/c1-7-3-2-4-8(5-7)6-12-10-9(11)13-15-14-10/h7-8H,2-6H2,1H3,(H,12,14). The van der Waals surface area contributed by atoms with Gasteiger partial charge in [-0.15, -0.1) is 0 Å². The Morgan fingerprint density at radius 3 is 3.00 bits per heavy atom. The number of rotatable bonds is 3. The summed E-state index contributed by atoms with van der Waals surface area (Å²) in [5.74, 6) is 2.39. The molecule has 5 heteroatoms. The monoisotopic (exact) mass is 245 g/mol. The van der Waals surface area contributed by atoms with Gasteiger partial charge in [0.15, 0.2) is 11.0 Å². The Kier molecular flexibility index (Phi) is 3.81. The molecule has 1 aromatic heterocycles. The molecule has 1 aliphatic rings. The summed E-state index contributed by atoms with van der Waals surface area (Å²) in [6.07, 6.45) is 5.39. The van der Waals surface area contributed by atoms with Crippen LogP contribution in [0.25, 0.3) is 0 Å². The number of hydrogen-bond acceptors (Lipinski definition) is 4. The predicted molar refractivity (Wildman–Crippen MR) is 64.5 cm³/mol. The van der Waals surface area contributed by atoms with Crippen LogP contribution in [0.3, 0.4) is 0 Å². The lowest BCUT2D eigenvalue weighted by Gasteiger charge is -2.26. The third-order valence-corrected chi connectivity index (χ3v) is 3.94. The van der Waals surface area contributed by atoms with Gasteiger partial charge in [0.05, 0.1) is 11.7 Å². The molecule has 3 nitrogen and oxygen atoms in total. The van der Waals surface area contributed by atoms with Crippen LogP contribution in [0.5, 0.6) is 0 Å². The highest BCUT2D eigenvalue weighted by molar-refractivity contribution is 6.99. The van der Waals surface area contributed by atoms with Crippen LogP contribution < -0.4 is 5.32 Å². The van der Waals surface area contributed by atoms with Crippen molar-refractivity contribution in [2.45, 2.75) is 32.6 Å². The van der Waals surface area contributed by atoms with Crippen LogP contribution in [-0.4, -0.2) is 15.3 Å². The van der Waals surface area contributed by atoms with E-state index in [-0.39, 0.29) is 0 Å². The van der Waals surface area contributed by atoms with Gasteiger partial charge in [0, 0.05) is 6.54 Å². The van der Waals surface area contributed by atoms with Crippen molar-refractivity contribution in [2.24, 2.45) is 11.8 Å². The molecule has 0 spiro atoms. The van der Waals surface area contributed by atoms with E-state index in [4.69, 9.17) is 11.6 Å². The number of nitrogens with one attached hydrogen (secondary N) is 1. The molecule has 15 heavy (non-hydrogen) atoms. The fourth-order valence-electron chi connectivity index (χ4n) is 2.27. The molecular weight excluding hydrogens is 230 g/mol. The van der Waals surface area contributed by atoms with Gasteiger partial charge in [-0.05, 0) is 24.7 Å². The summed E-state index contributed by atoms with van der Waals surface area (Å²) in [4.78, 5) is 0. The Balaban J connectivity index is 1.80. The van der Waals surface area contributed by atoms with Crippen LogP contribution in [0.15, 0.2) is 0 Å². The molecule has 1 fully saturated rings. The Hall–Kier alpha value is -0.350. The average molecular weight is 246 g/mol. The molecule has 0 aromatic carbocycles. The lowest BCUT2D eigenvalue weighted by atomic mass is 9.82. The molecule has 84 valence electrons. The summed E-state index contributed by atoms with van der Waals surface area (Å²) in [5, 5.41) is 3.79. The third kappa shape index (κ3) is 3.05. The normalized spacial score (nSPS) is 26.5. The van der Waals surface area contributed by atoms with Crippen molar-refractivity contribution < 1.29 is 0 Å². The first-order chi connectivity index (χ1) is 7.25. The van der Waals surface area contributed by atoms with E-state index in [1.807, 2.05) is 0 Å². The van der Waals surface area contributed by atoms with E-state index in [0.29, 0.717) is 5.15 Å². The van der Waals surface area contributed by atoms with E-state index in [1.165, 1.54) is 25.7 Å². The zero-order chi connectivity index (χ0) is 10.7. The highest BCUT2D eigenvalue weighted by Gasteiger charge is 2.19. The molecule has 2 rings (SSSR count). The quantitative estimate of drug-likeness (QED) is 0.887. The van der Waals surface area contributed by atoms with Crippen LogP contribution in [0, 0.1) is 11.8 Å². The minimum absolute atomic E-state index is 0.504. The molecule has 1 aliphatic carbocycles. The van der Waals surface area contributed by atoms with E-state index >= 15 is 0 Å². The smallest absolute Gasteiger partial charge is 0.186 e. The SMILES string of the molecule is CC1CCCC(CNc2nsnc2Cl)C1. The number of halogens is 1. The van der Waals surface area contributed by atoms with Crippen molar-refractivity contribution in [3.63, 3.8) is 0 Å². The molecule has 0 saturated heterocycles. The van der Waals surface area contributed by atoms with Crippen LogP contribution in [0.1, 0.15) is 32.6 Å². The van der Waals surface area contributed by atoms with Gasteiger partial charge in [0.2, 0.25) is 0 Å². The number of nitrogens with zero attached hydrogens (tertiary/aromatic N) is 2. The zero-order valence-electron chi connectivity index (χ0n) is 8.87. The lowest BCUT2D eigenvalue weighted by Crippen LogP contribution is -2.21. The molecule has 1 N–H and O–H groups in total. The first-order valence-electron chi connectivity index (χ1n) is 5.47. The minimum atomic E-state index is 0.504. The van der Waals surface area contributed by atoms with Gasteiger partial charge in [0.25, 0.3) is 0 Å². The molecule has 2 atom stereocenters. The fraction of sp³-hybridized carbons (Fsp3) is 0.800. The van der Waals surface area contributed by atoms with Crippen LogP contribution in [0.4, 0.5) is 5.82 Å². The van der Waals surface area contributed by atoms with Crippen LogP contribution >= 0.6 is 23.3 Å². The maximum atomic E-state index is 5.86. The van der Waals surface area contributed by atoms with Crippen LogP contribution in [-0.2, 0) is 0 Å². The average Bonchev–Trinajstić information content (AvgIpc) is 2.61. The third-order valence-electron chi connectivity index (χ3n) is 3.05. The molecule has 0 radical (unpaired) electrons. The van der Waals surface area contributed by atoms with E-state index in [1.54, 1.807) is 0 Å². The van der Waals surface area contributed by atoms with Crippen molar-refractivity contribution in [3.05, 3.63) is 5.15 Å². The van der Waals surface area contributed by atoms with Gasteiger partial charge in [0.1, 0.15) is 0 Å². The Morgan fingerprint density at radius 2 is 2.33 bits per heavy atom. The van der Waals surface area contributed by atoms with E-state index in [9.17, 15) is 0 Å². The van der Waals surface area contributed by atoms with Gasteiger partial charge < -0.3 is 5.32 Å². The molecular formula is C10H16ClN3S. The van der Waals surface area contributed by atoms with Crippen LogP contribution in [0.2, 0.25) is 5.15 Å². The minimum Gasteiger partial charge on any atom is -0.366 e. The Morgan fingerprint density at radius 1 is 1.47 bits per heavy atom. The molecule has 0 bridgehead atoms. The van der Waals surface area contributed by atoms with E-state index in [0.717, 1.165) is 35.9 Å². The summed E-state index contributed by atoms with van der Waals surface area (Å²) >= 11 is 7.02. The van der Waals surface area contributed by atoms with Crippen molar-refractivity contribution in [3.8, 4) is 0 Å². The van der Waals surface area contributed by atoms with Crippen molar-refractivity contribution in [1.82, 2.24) is 8.75 Å². The highest BCUT2D eigenvalue weighted by atomic mass is 35.5. The second kappa shape index (κ2) is 5.12. The topological polar surface area (TPSA) is 37.8 Å². The zero-order valence-corrected chi connectivity index (χ0v) is 10.4. The van der Waals surface area contributed by atoms with Gasteiger partial charge in [-0.2, -0.15) is 8.75 Å². The summed E-state index contributed by atoms with van der Waals surface area (Å²) in [7, 11) is 0. The number of anilines is 1. The molecule has 1 saturated carbocycles. The fourth-order valence-corrected chi connectivity index (χ4v) is 2.95. The molecule has 0 amide bonds. The largest absolute Gasteiger partial charge is 0.366 e. The maximum absolute atomic E-state index is 5.86. The predicted octanol–water partition coefficient (Wildman–Crippen LogP) is 3.43. The molecule has 0 aliphatic heterocycles. The second-order valence-electron chi connectivity index (χ2n) is 4.42. The van der Waals surface area contributed by atoms with Gasteiger partial charge >= 0.3 is 0 Å². The van der Waals surface area contributed by atoms with Gasteiger partial charge in [-0.25, -0.2) is 0 Å². The van der Waals surface area contributed by atoms with Gasteiger partial charge in [-0.3, -0.25) is 0 Å². The summed E-state index contributed by atoms with van der Waals surface area (Å²) in [5.41, 5.74) is 0. The molecule has 1 heterocycles. The van der Waals surface area contributed by atoms with Gasteiger partial charge in [-0.1, -0.05) is 31.4 Å². The first-order valence-corrected chi connectivity index (χ1v) is 6.58. The Bertz CT molecular complexity index is 315. The summed E-state index contributed by atoms with van der Waals surface area (Å²) < 4.78 is 8.04. The lowest BCUT2D eigenvalue weighted by molar-refractivity contribution is 0.293. The maximum Gasteiger partial charge on any atom is 0.186 e. The molecule has 1 aromatic rings.